The summed E-state index contributed by atoms with van der Waals surface area (Å²) in [6.45, 7) is 9.48. The molecule has 106 valence electrons. The van der Waals surface area contributed by atoms with Gasteiger partial charge in [0.05, 0.1) is 6.10 Å². The first-order valence-corrected chi connectivity index (χ1v) is 7.44. The first-order chi connectivity index (χ1) is 9.11. The van der Waals surface area contributed by atoms with Gasteiger partial charge in [-0.25, -0.2) is 0 Å². The second-order valence-electron chi connectivity index (χ2n) is 5.21. The molecule has 1 saturated heterocycles. The first kappa shape index (κ1) is 14.6. The quantitative estimate of drug-likeness (QED) is 0.920. The number of hydrogen-bond donors (Lipinski definition) is 1. The summed E-state index contributed by atoms with van der Waals surface area (Å²) in [7, 11) is 0. The van der Waals surface area contributed by atoms with Gasteiger partial charge < -0.3 is 10.0 Å². The number of nitrogens with zero attached hydrogens (tertiary/aromatic N) is 2. The molecular weight excluding hydrogens is 260 g/mol. The van der Waals surface area contributed by atoms with Crippen LogP contribution in [-0.4, -0.2) is 42.7 Å². The molecule has 1 aliphatic rings. The molecule has 1 unspecified atom stereocenters. The van der Waals surface area contributed by atoms with Gasteiger partial charge in [-0.2, -0.15) is 0 Å². The summed E-state index contributed by atoms with van der Waals surface area (Å²) in [6, 6.07) is 5.96. The van der Waals surface area contributed by atoms with Gasteiger partial charge in [0.1, 0.15) is 0 Å². The zero-order chi connectivity index (χ0) is 13.8. The normalized spacial score (nSPS) is 18.6. The molecule has 0 radical (unpaired) electrons. The van der Waals surface area contributed by atoms with Gasteiger partial charge in [-0.1, -0.05) is 24.6 Å². The lowest BCUT2D eigenvalue weighted by atomic mass is 10.1. The number of benzene rings is 1. The lowest BCUT2D eigenvalue weighted by Crippen LogP contribution is -2.46. The maximum Gasteiger partial charge on any atom is 0.0776 e. The number of anilines is 1. The average molecular weight is 283 g/mol. The highest BCUT2D eigenvalue weighted by atomic mass is 35.5. The molecule has 1 aliphatic heterocycles. The van der Waals surface area contributed by atoms with Crippen molar-refractivity contribution in [2.24, 2.45) is 0 Å². The van der Waals surface area contributed by atoms with Crippen molar-refractivity contribution in [1.29, 1.82) is 0 Å². The largest absolute Gasteiger partial charge is 0.389 e. The summed E-state index contributed by atoms with van der Waals surface area (Å²) in [5.74, 6) is 0. The number of aliphatic hydroxyl groups is 1. The van der Waals surface area contributed by atoms with Crippen molar-refractivity contribution in [3.05, 3.63) is 28.8 Å². The molecule has 1 aromatic rings. The van der Waals surface area contributed by atoms with Crippen LogP contribution in [0, 0.1) is 0 Å². The third-order valence-corrected chi connectivity index (χ3v) is 4.04. The minimum absolute atomic E-state index is 0.511. The Hall–Kier alpha value is -0.770. The topological polar surface area (TPSA) is 26.7 Å². The van der Waals surface area contributed by atoms with Gasteiger partial charge >= 0.3 is 0 Å². The maximum atomic E-state index is 9.59. The molecular formula is C15H23ClN2O. The SMILES string of the molecule is CCCN1CCN(c2ccc(C(C)O)c(Cl)c2)CC1. The van der Waals surface area contributed by atoms with Crippen LogP contribution in [0.4, 0.5) is 5.69 Å². The number of aliphatic hydroxyl groups excluding tert-OH is 1. The summed E-state index contributed by atoms with van der Waals surface area (Å²) in [4.78, 5) is 4.87. The van der Waals surface area contributed by atoms with E-state index in [4.69, 9.17) is 11.6 Å². The Kier molecular flexibility index (Phi) is 5.08. The molecule has 19 heavy (non-hydrogen) atoms. The molecule has 1 N–H and O–H groups in total. The molecule has 1 atom stereocenters. The third-order valence-electron chi connectivity index (χ3n) is 3.71. The van der Waals surface area contributed by atoms with E-state index < -0.39 is 6.10 Å². The standard InChI is InChI=1S/C15H23ClN2O/c1-3-6-17-7-9-18(10-8-17)13-4-5-14(12(2)19)15(16)11-13/h4-5,11-12,19H,3,6-10H2,1-2H3. The van der Waals surface area contributed by atoms with E-state index in [1.807, 2.05) is 12.1 Å². The lowest BCUT2D eigenvalue weighted by Gasteiger charge is -2.36. The van der Waals surface area contributed by atoms with E-state index in [9.17, 15) is 5.11 Å². The molecule has 2 rings (SSSR count). The van der Waals surface area contributed by atoms with Crippen molar-refractivity contribution in [2.45, 2.75) is 26.4 Å². The van der Waals surface area contributed by atoms with Crippen molar-refractivity contribution in [1.82, 2.24) is 4.90 Å². The Bertz CT molecular complexity index is 415. The van der Waals surface area contributed by atoms with E-state index >= 15 is 0 Å². The van der Waals surface area contributed by atoms with E-state index in [1.165, 1.54) is 13.0 Å². The van der Waals surface area contributed by atoms with E-state index in [2.05, 4.69) is 22.8 Å². The van der Waals surface area contributed by atoms with Crippen LogP contribution >= 0.6 is 11.6 Å². The molecule has 0 bridgehead atoms. The Morgan fingerprint density at radius 3 is 2.47 bits per heavy atom. The maximum absolute atomic E-state index is 9.59. The minimum Gasteiger partial charge on any atom is -0.389 e. The van der Waals surface area contributed by atoms with Crippen LogP contribution in [-0.2, 0) is 0 Å². The van der Waals surface area contributed by atoms with Gasteiger partial charge in [0.15, 0.2) is 0 Å². The van der Waals surface area contributed by atoms with Gasteiger partial charge in [0.25, 0.3) is 0 Å². The fourth-order valence-electron chi connectivity index (χ4n) is 2.60. The van der Waals surface area contributed by atoms with E-state index in [0.717, 1.165) is 37.4 Å². The zero-order valence-corrected chi connectivity index (χ0v) is 12.5. The number of halogens is 1. The van der Waals surface area contributed by atoms with Crippen molar-refractivity contribution >= 4 is 17.3 Å². The van der Waals surface area contributed by atoms with Gasteiger partial charge in [0, 0.05) is 36.9 Å². The van der Waals surface area contributed by atoms with Gasteiger partial charge in [-0.3, -0.25) is 4.90 Å². The fraction of sp³-hybridized carbons (Fsp3) is 0.600. The second-order valence-corrected chi connectivity index (χ2v) is 5.62. The monoisotopic (exact) mass is 282 g/mol. The Labute approximate surface area is 120 Å². The first-order valence-electron chi connectivity index (χ1n) is 7.06. The number of piperazine rings is 1. The van der Waals surface area contributed by atoms with Crippen LogP contribution in [0.25, 0.3) is 0 Å². The summed E-state index contributed by atoms with van der Waals surface area (Å²) >= 11 is 6.22. The number of rotatable bonds is 4. The summed E-state index contributed by atoms with van der Waals surface area (Å²) in [5, 5.41) is 10.3. The molecule has 0 aliphatic carbocycles. The van der Waals surface area contributed by atoms with Crippen LogP contribution in [0.3, 0.4) is 0 Å². The Morgan fingerprint density at radius 1 is 1.26 bits per heavy atom. The van der Waals surface area contributed by atoms with Crippen molar-refractivity contribution in [2.75, 3.05) is 37.6 Å². The summed E-state index contributed by atoms with van der Waals surface area (Å²) in [5.41, 5.74) is 1.96. The Balaban J connectivity index is 2.02. The fourth-order valence-corrected chi connectivity index (χ4v) is 2.93. The molecule has 3 nitrogen and oxygen atoms in total. The molecule has 0 amide bonds. The lowest BCUT2D eigenvalue weighted by molar-refractivity contribution is 0.199. The molecule has 0 saturated carbocycles. The van der Waals surface area contributed by atoms with Crippen LogP contribution in [0.1, 0.15) is 31.9 Å². The molecule has 1 fully saturated rings. The smallest absolute Gasteiger partial charge is 0.0776 e. The van der Waals surface area contributed by atoms with Gasteiger partial charge in [-0.05, 0) is 37.6 Å². The highest BCUT2D eigenvalue weighted by molar-refractivity contribution is 6.31. The van der Waals surface area contributed by atoms with Crippen molar-refractivity contribution in [3.8, 4) is 0 Å². The molecule has 1 aromatic carbocycles. The number of hydrogen-bond acceptors (Lipinski definition) is 3. The van der Waals surface area contributed by atoms with Crippen molar-refractivity contribution < 1.29 is 5.11 Å². The van der Waals surface area contributed by atoms with E-state index in [-0.39, 0.29) is 0 Å². The predicted molar refractivity (Wildman–Crippen MR) is 81.0 cm³/mol. The van der Waals surface area contributed by atoms with Crippen LogP contribution < -0.4 is 4.90 Å². The molecule has 0 spiro atoms. The van der Waals surface area contributed by atoms with Gasteiger partial charge in [-0.15, -0.1) is 0 Å². The third kappa shape index (κ3) is 3.62. The van der Waals surface area contributed by atoms with Gasteiger partial charge in [0.2, 0.25) is 0 Å². The van der Waals surface area contributed by atoms with E-state index in [1.54, 1.807) is 6.92 Å². The van der Waals surface area contributed by atoms with E-state index in [0.29, 0.717) is 5.02 Å². The highest BCUT2D eigenvalue weighted by Crippen LogP contribution is 2.28. The summed E-state index contributed by atoms with van der Waals surface area (Å²) < 4.78 is 0. The average Bonchev–Trinajstić information content (AvgIpc) is 2.39. The van der Waals surface area contributed by atoms with Crippen LogP contribution in [0.5, 0.6) is 0 Å². The molecule has 0 aromatic heterocycles. The highest BCUT2D eigenvalue weighted by Gasteiger charge is 2.17. The molecule has 1 heterocycles. The Morgan fingerprint density at radius 2 is 1.95 bits per heavy atom. The summed E-state index contributed by atoms with van der Waals surface area (Å²) in [6.07, 6.45) is 0.706. The minimum atomic E-state index is -0.511. The van der Waals surface area contributed by atoms with Crippen LogP contribution in [0.2, 0.25) is 5.02 Å². The van der Waals surface area contributed by atoms with Crippen LogP contribution in [0.15, 0.2) is 18.2 Å². The zero-order valence-electron chi connectivity index (χ0n) is 11.8. The van der Waals surface area contributed by atoms with Crippen molar-refractivity contribution in [3.63, 3.8) is 0 Å². The predicted octanol–water partition coefficient (Wildman–Crippen LogP) is 2.93. The molecule has 4 heteroatoms. The second kappa shape index (κ2) is 6.60.